The number of furan rings is 1. The van der Waals surface area contributed by atoms with E-state index in [2.05, 4.69) is 5.32 Å². The molecule has 0 radical (unpaired) electrons. The number of carbonyl (C=O) groups is 1. The zero-order valence-electron chi connectivity index (χ0n) is 11.1. The van der Waals surface area contributed by atoms with Crippen LogP contribution in [-0.2, 0) is 0 Å². The summed E-state index contributed by atoms with van der Waals surface area (Å²) in [7, 11) is 0. The molecule has 21 heavy (non-hydrogen) atoms. The first-order chi connectivity index (χ1) is 10.1. The molecule has 0 spiro atoms. The van der Waals surface area contributed by atoms with Crippen molar-refractivity contribution in [3.63, 3.8) is 0 Å². The fourth-order valence-electron chi connectivity index (χ4n) is 2.15. The van der Waals surface area contributed by atoms with Gasteiger partial charge in [0.15, 0.2) is 5.76 Å². The second kappa shape index (κ2) is 5.22. The molecule has 0 aliphatic carbocycles. The summed E-state index contributed by atoms with van der Waals surface area (Å²) in [5, 5.41) is 3.49. The van der Waals surface area contributed by atoms with E-state index in [1.54, 1.807) is 6.07 Å². The normalized spacial score (nSPS) is 10.8. The predicted molar refractivity (Wildman–Crippen MR) is 80.3 cm³/mol. The Kier molecular flexibility index (Phi) is 3.39. The zero-order chi connectivity index (χ0) is 15.0. The van der Waals surface area contributed by atoms with Crippen LogP contribution in [0.2, 0.25) is 5.02 Å². The molecule has 3 nitrogen and oxygen atoms in total. The van der Waals surface area contributed by atoms with Crippen molar-refractivity contribution in [3.8, 4) is 0 Å². The molecule has 1 heterocycles. The Morgan fingerprint density at radius 1 is 1.24 bits per heavy atom. The smallest absolute Gasteiger partial charge is 0.291 e. The van der Waals surface area contributed by atoms with E-state index in [-0.39, 0.29) is 10.8 Å². The molecule has 1 N–H and O–H groups in total. The third kappa shape index (κ3) is 2.50. The zero-order valence-corrected chi connectivity index (χ0v) is 11.9. The molecule has 0 fully saturated rings. The van der Waals surface area contributed by atoms with E-state index in [1.165, 1.54) is 18.2 Å². The number of para-hydroxylation sites is 1. The molecule has 0 saturated carbocycles. The molecule has 3 aromatic rings. The first-order valence-electron chi connectivity index (χ1n) is 6.31. The highest BCUT2D eigenvalue weighted by Gasteiger charge is 2.17. The summed E-state index contributed by atoms with van der Waals surface area (Å²) < 4.78 is 18.7. The lowest BCUT2D eigenvalue weighted by molar-refractivity contribution is 0.0998. The molecule has 1 aromatic heterocycles. The molecule has 1 amide bonds. The van der Waals surface area contributed by atoms with Crippen molar-refractivity contribution in [2.24, 2.45) is 0 Å². The molecule has 3 rings (SSSR count). The maximum absolute atomic E-state index is 13.1. The Hall–Kier alpha value is -2.33. The van der Waals surface area contributed by atoms with Gasteiger partial charge in [-0.05, 0) is 31.2 Å². The molecule has 0 aliphatic rings. The largest absolute Gasteiger partial charge is 0.451 e. The van der Waals surface area contributed by atoms with Gasteiger partial charge in [-0.15, -0.1) is 0 Å². The number of nitrogens with one attached hydrogen (secondary N) is 1. The lowest BCUT2D eigenvalue weighted by Crippen LogP contribution is -2.12. The number of benzene rings is 2. The molecule has 2 aromatic carbocycles. The van der Waals surface area contributed by atoms with Crippen molar-refractivity contribution >= 4 is 34.2 Å². The van der Waals surface area contributed by atoms with Crippen LogP contribution in [0.5, 0.6) is 0 Å². The predicted octanol–water partition coefficient (Wildman–Crippen LogP) is 4.79. The number of aryl methyl sites for hydroxylation is 1. The first-order valence-corrected chi connectivity index (χ1v) is 6.68. The maximum Gasteiger partial charge on any atom is 0.291 e. The lowest BCUT2D eigenvalue weighted by Gasteiger charge is -2.04. The molecular weight excluding hydrogens is 293 g/mol. The lowest BCUT2D eigenvalue weighted by atomic mass is 10.1. The van der Waals surface area contributed by atoms with Crippen molar-refractivity contribution in [1.82, 2.24) is 0 Å². The van der Waals surface area contributed by atoms with Crippen molar-refractivity contribution in [1.29, 1.82) is 0 Å². The Morgan fingerprint density at radius 2 is 2.00 bits per heavy atom. The molecule has 0 atom stereocenters. The number of halogens is 2. The minimum Gasteiger partial charge on any atom is -0.451 e. The van der Waals surface area contributed by atoms with Crippen LogP contribution in [-0.4, -0.2) is 5.91 Å². The molecule has 0 unspecified atom stereocenters. The first kappa shape index (κ1) is 13.6. The third-order valence-electron chi connectivity index (χ3n) is 3.23. The summed E-state index contributed by atoms with van der Waals surface area (Å²) >= 11 is 5.69. The van der Waals surface area contributed by atoms with Gasteiger partial charge in [0, 0.05) is 16.6 Å². The fraction of sp³-hybridized carbons (Fsp3) is 0.0625. The van der Waals surface area contributed by atoms with Crippen LogP contribution in [0.1, 0.15) is 16.1 Å². The van der Waals surface area contributed by atoms with Gasteiger partial charge in [0.2, 0.25) is 0 Å². The van der Waals surface area contributed by atoms with Crippen molar-refractivity contribution in [2.75, 3.05) is 5.32 Å². The Labute approximate surface area is 125 Å². The van der Waals surface area contributed by atoms with Gasteiger partial charge in [-0.25, -0.2) is 4.39 Å². The number of anilines is 1. The number of rotatable bonds is 2. The van der Waals surface area contributed by atoms with Gasteiger partial charge in [-0.2, -0.15) is 0 Å². The molecule has 106 valence electrons. The topological polar surface area (TPSA) is 42.2 Å². The summed E-state index contributed by atoms with van der Waals surface area (Å²) in [6, 6.07) is 11.4. The highest BCUT2D eigenvalue weighted by molar-refractivity contribution is 6.31. The van der Waals surface area contributed by atoms with E-state index < -0.39 is 11.7 Å². The second-order valence-corrected chi connectivity index (χ2v) is 5.04. The van der Waals surface area contributed by atoms with E-state index >= 15 is 0 Å². The van der Waals surface area contributed by atoms with Gasteiger partial charge >= 0.3 is 0 Å². The number of hydrogen-bond donors (Lipinski definition) is 1. The summed E-state index contributed by atoms with van der Waals surface area (Å²) in [6.07, 6.45) is 0. The van der Waals surface area contributed by atoms with E-state index in [4.69, 9.17) is 16.0 Å². The van der Waals surface area contributed by atoms with Crippen molar-refractivity contribution in [2.45, 2.75) is 6.92 Å². The molecule has 0 saturated heterocycles. The van der Waals surface area contributed by atoms with Crippen molar-refractivity contribution < 1.29 is 13.6 Å². The van der Waals surface area contributed by atoms with Crippen LogP contribution in [0.25, 0.3) is 11.0 Å². The van der Waals surface area contributed by atoms with Crippen LogP contribution >= 0.6 is 11.6 Å². The van der Waals surface area contributed by atoms with Crippen LogP contribution in [0.15, 0.2) is 46.9 Å². The number of carbonyl (C=O) groups excluding carboxylic acids is 1. The minimum atomic E-state index is -0.533. The van der Waals surface area contributed by atoms with Crippen molar-refractivity contribution in [3.05, 3.63) is 64.6 Å². The average molecular weight is 304 g/mol. The van der Waals surface area contributed by atoms with Crippen LogP contribution in [0, 0.1) is 12.7 Å². The fourth-order valence-corrected chi connectivity index (χ4v) is 2.33. The van der Waals surface area contributed by atoms with E-state index in [0.717, 1.165) is 10.9 Å². The molecule has 0 bridgehead atoms. The van der Waals surface area contributed by atoms with E-state index in [9.17, 15) is 9.18 Å². The number of hydrogen-bond acceptors (Lipinski definition) is 2. The average Bonchev–Trinajstić information content (AvgIpc) is 2.81. The Balaban J connectivity index is 1.93. The molecule has 5 heteroatoms. The summed E-state index contributed by atoms with van der Waals surface area (Å²) in [6.45, 7) is 1.82. The Morgan fingerprint density at radius 3 is 2.71 bits per heavy atom. The molecular formula is C16H11ClFNO2. The van der Waals surface area contributed by atoms with Gasteiger partial charge in [0.1, 0.15) is 11.4 Å². The van der Waals surface area contributed by atoms with Crippen LogP contribution in [0.3, 0.4) is 0 Å². The summed E-state index contributed by atoms with van der Waals surface area (Å²) in [5.74, 6) is -0.697. The highest BCUT2D eigenvalue weighted by atomic mass is 35.5. The van der Waals surface area contributed by atoms with Gasteiger partial charge in [-0.1, -0.05) is 29.8 Å². The summed E-state index contributed by atoms with van der Waals surface area (Å²) in [4.78, 5) is 12.3. The summed E-state index contributed by atoms with van der Waals surface area (Å²) in [5.41, 5.74) is 1.82. The second-order valence-electron chi connectivity index (χ2n) is 4.64. The minimum absolute atomic E-state index is 0.0471. The van der Waals surface area contributed by atoms with Gasteiger partial charge < -0.3 is 9.73 Å². The standard InChI is InChI=1S/C16H11ClFNO2/c1-9-11-4-2-3-5-14(11)21-15(9)16(20)19-10-6-7-13(18)12(17)8-10/h2-8H,1H3,(H,19,20). The van der Waals surface area contributed by atoms with Crippen LogP contribution < -0.4 is 5.32 Å². The van der Waals surface area contributed by atoms with Gasteiger partial charge in [0.25, 0.3) is 5.91 Å². The van der Waals surface area contributed by atoms with Gasteiger partial charge in [0.05, 0.1) is 5.02 Å². The molecule has 0 aliphatic heterocycles. The van der Waals surface area contributed by atoms with Crippen LogP contribution in [0.4, 0.5) is 10.1 Å². The Bertz CT molecular complexity index is 841. The van der Waals surface area contributed by atoms with E-state index in [1.807, 2.05) is 25.1 Å². The number of amides is 1. The number of fused-ring (bicyclic) bond motifs is 1. The monoisotopic (exact) mass is 303 g/mol. The van der Waals surface area contributed by atoms with E-state index in [0.29, 0.717) is 11.3 Å². The SMILES string of the molecule is Cc1c(C(=O)Nc2ccc(F)c(Cl)c2)oc2ccccc12. The third-order valence-corrected chi connectivity index (χ3v) is 3.52. The highest BCUT2D eigenvalue weighted by Crippen LogP contribution is 2.26. The maximum atomic E-state index is 13.1. The quantitative estimate of drug-likeness (QED) is 0.740. The van der Waals surface area contributed by atoms with Gasteiger partial charge in [-0.3, -0.25) is 4.79 Å².